The number of carbonyl (C=O) groups excluding carboxylic acids is 1. The van der Waals surface area contributed by atoms with E-state index in [2.05, 4.69) is 28.2 Å². The van der Waals surface area contributed by atoms with E-state index in [1.54, 1.807) is 0 Å². The quantitative estimate of drug-likeness (QED) is 0.781. The largest absolute Gasteiger partial charge is 0.449 e. The zero-order chi connectivity index (χ0) is 12.5. The molecular weight excluding hydrogens is 282 g/mol. The van der Waals surface area contributed by atoms with Crippen molar-refractivity contribution in [2.75, 3.05) is 11.9 Å². The number of rotatable bonds is 6. The van der Waals surface area contributed by atoms with Crippen LogP contribution < -0.4 is 5.32 Å². The highest BCUT2D eigenvalue weighted by atomic mass is 79.9. The van der Waals surface area contributed by atoms with Gasteiger partial charge in [0, 0.05) is 10.2 Å². The highest BCUT2D eigenvalue weighted by Crippen LogP contribution is 2.14. The summed E-state index contributed by atoms with van der Waals surface area (Å²) in [6, 6.07) is 7.39. The number of unbranched alkanes of at least 4 members (excludes halogenated alkanes) is 3. The van der Waals surface area contributed by atoms with Crippen molar-refractivity contribution in [1.82, 2.24) is 0 Å². The molecule has 0 aromatic heterocycles. The minimum absolute atomic E-state index is 0.385. The lowest BCUT2D eigenvalue weighted by atomic mass is 10.2. The van der Waals surface area contributed by atoms with Crippen molar-refractivity contribution in [2.45, 2.75) is 32.6 Å². The molecule has 0 saturated heterocycles. The molecule has 0 aliphatic carbocycles. The molecule has 1 N–H and O–H groups in total. The molecule has 0 unspecified atom stereocenters. The monoisotopic (exact) mass is 299 g/mol. The molecule has 0 aliphatic rings. The van der Waals surface area contributed by atoms with Crippen molar-refractivity contribution in [3.63, 3.8) is 0 Å². The molecular formula is C13H18BrNO2. The lowest BCUT2D eigenvalue weighted by Crippen LogP contribution is -2.14. The second-order valence-corrected chi connectivity index (χ2v) is 4.74. The third kappa shape index (κ3) is 6.31. The highest BCUT2D eigenvalue weighted by Gasteiger charge is 2.02. The van der Waals surface area contributed by atoms with E-state index >= 15 is 0 Å². The number of nitrogens with one attached hydrogen (secondary N) is 1. The van der Waals surface area contributed by atoms with E-state index in [1.807, 2.05) is 24.3 Å². The SMILES string of the molecule is CCCCCCOC(=O)Nc1ccc(Br)cc1. The van der Waals surface area contributed by atoms with E-state index in [1.165, 1.54) is 12.8 Å². The van der Waals surface area contributed by atoms with Crippen LogP contribution in [0.15, 0.2) is 28.7 Å². The first-order valence-electron chi connectivity index (χ1n) is 5.91. The number of anilines is 1. The predicted octanol–water partition coefficient (Wildman–Crippen LogP) is 4.58. The Labute approximate surface area is 111 Å². The molecule has 0 bridgehead atoms. The van der Waals surface area contributed by atoms with Gasteiger partial charge in [-0.25, -0.2) is 4.79 Å². The molecule has 4 heteroatoms. The maximum absolute atomic E-state index is 11.4. The summed E-state index contributed by atoms with van der Waals surface area (Å²) >= 11 is 3.33. The van der Waals surface area contributed by atoms with Gasteiger partial charge in [0.1, 0.15) is 0 Å². The number of hydrogen-bond donors (Lipinski definition) is 1. The summed E-state index contributed by atoms with van der Waals surface area (Å²) in [7, 11) is 0. The first-order valence-corrected chi connectivity index (χ1v) is 6.71. The van der Waals surface area contributed by atoms with Crippen molar-refractivity contribution in [3.05, 3.63) is 28.7 Å². The molecule has 0 radical (unpaired) electrons. The van der Waals surface area contributed by atoms with Crippen LogP contribution in [0.2, 0.25) is 0 Å². The molecule has 0 spiro atoms. The highest BCUT2D eigenvalue weighted by molar-refractivity contribution is 9.10. The first kappa shape index (κ1) is 14.0. The van der Waals surface area contributed by atoms with Crippen LogP contribution in [0, 0.1) is 0 Å². The molecule has 0 aliphatic heterocycles. The summed E-state index contributed by atoms with van der Waals surface area (Å²) in [5, 5.41) is 2.68. The second-order valence-electron chi connectivity index (χ2n) is 3.83. The molecule has 1 aromatic carbocycles. The predicted molar refractivity (Wildman–Crippen MR) is 73.3 cm³/mol. The Hall–Kier alpha value is -1.03. The molecule has 0 saturated carbocycles. The maximum Gasteiger partial charge on any atom is 0.411 e. The number of carbonyl (C=O) groups is 1. The summed E-state index contributed by atoms with van der Waals surface area (Å²) in [6.45, 7) is 2.64. The third-order valence-electron chi connectivity index (χ3n) is 2.32. The maximum atomic E-state index is 11.4. The average Bonchev–Trinajstić information content (AvgIpc) is 2.32. The van der Waals surface area contributed by atoms with E-state index in [-0.39, 0.29) is 6.09 Å². The fourth-order valence-electron chi connectivity index (χ4n) is 1.38. The van der Waals surface area contributed by atoms with Crippen LogP contribution in [0.5, 0.6) is 0 Å². The molecule has 1 rings (SSSR count). The minimum Gasteiger partial charge on any atom is -0.449 e. The van der Waals surface area contributed by atoms with Gasteiger partial charge in [-0.2, -0.15) is 0 Å². The van der Waals surface area contributed by atoms with Gasteiger partial charge in [-0.05, 0) is 30.7 Å². The topological polar surface area (TPSA) is 38.3 Å². The lowest BCUT2D eigenvalue weighted by molar-refractivity contribution is 0.159. The smallest absolute Gasteiger partial charge is 0.411 e. The van der Waals surface area contributed by atoms with Gasteiger partial charge in [0.25, 0.3) is 0 Å². The third-order valence-corrected chi connectivity index (χ3v) is 2.85. The van der Waals surface area contributed by atoms with E-state index in [0.29, 0.717) is 6.61 Å². The molecule has 17 heavy (non-hydrogen) atoms. The van der Waals surface area contributed by atoms with Gasteiger partial charge in [0.2, 0.25) is 0 Å². The zero-order valence-electron chi connectivity index (χ0n) is 10.0. The van der Waals surface area contributed by atoms with Crippen molar-refractivity contribution in [3.8, 4) is 0 Å². The van der Waals surface area contributed by atoms with E-state index in [4.69, 9.17) is 4.74 Å². The molecule has 0 heterocycles. The standard InChI is InChI=1S/C13H18BrNO2/c1-2-3-4-5-10-17-13(16)15-12-8-6-11(14)7-9-12/h6-9H,2-5,10H2,1H3,(H,15,16). The van der Waals surface area contributed by atoms with Crippen LogP contribution >= 0.6 is 15.9 Å². The Balaban J connectivity index is 2.18. The van der Waals surface area contributed by atoms with Gasteiger partial charge in [0.15, 0.2) is 0 Å². The average molecular weight is 300 g/mol. The summed E-state index contributed by atoms with van der Waals surface area (Å²) in [4.78, 5) is 11.4. The molecule has 94 valence electrons. The van der Waals surface area contributed by atoms with Gasteiger partial charge in [-0.15, -0.1) is 0 Å². The van der Waals surface area contributed by atoms with Crippen molar-refractivity contribution < 1.29 is 9.53 Å². The van der Waals surface area contributed by atoms with Crippen LogP contribution in [0.4, 0.5) is 10.5 Å². The minimum atomic E-state index is -0.385. The second kappa shape index (κ2) is 8.12. The van der Waals surface area contributed by atoms with Gasteiger partial charge in [-0.3, -0.25) is 5.32 Å². The Bertz CT molecular complexity index is 338. The van der Waals surface area contributed by atoms with Crippen LogP contribution in [-0.2, 0) is 4.74 Å². The van der Waals surface area contributed by atoms with Gasteiger partial charge < -0.3 is 4.74 Å². The molecule has 1 amide bonds. The number of benzene rings is 1. The number of hydrogen-bond acceptors (Lipinski definition) is 2. The van der Waals surface area contributed by atoms with Crippen molar-refractivity contribution in [1.29, 1.82) is 0 Å². The van der Waals surface area contributed by atoms with Crippen LogP contribution in [0.25, 0.3) is 0 Å². The van der Waals surface area contributed by atoms with Crippen molar-refractivity contribution in [2.24, 2.45) is 0 Å². The van der Waals surface area contributed by atoms with E-state index < -0.39 is 0 Å². The normalized spacial score (nSPS) is 10.0. The fraction of sp³-hybridized carbons (Fsp3) is 0.462. The Kier molecular flexibility index (Phi) is 6.70. The summed E-state index contributed by atoms with van der Waals surface area (Å²) in [6.07, 6.45) is 4.04. The Morgan fingerprint density at radius 2 is 1.94 bits per heavy atom. The summed E-state index contributed by atoms with van der Waals surface area (Å²) < 4.78 is 6.04. The molecule has 0 atom stereocenters. The van der Waals surface area contributed by atoms with Gasteiger partial charge >= 0.3 is 6.09 Å². The fourth-order valence-corrected chi connectivity index (χ4v) is 1.65. The number of amides is 1. The van der Waals surface area contributed by atoms with Crippen LogP contribution in [-0.4, -0.2) is 12.7 Å². The molecule has 0 fully saturated rings. The van der Waals surface area contributed by atoms with Gasteiger partial charge in [-0.1, -0.05) is 42.1 Å². The molecule has 3 nitrogen and oxygen atoms in total. The molecule has 1 aromatic rings. The Morgan fingerprint density at radius 3 is 2.59 bits per heavy atom. The first-order chi connectivity index (χ1) is 8.22. The summed E-state index contributed by atoms with van der Waals surface area (Å²) in [5.41, 5.74) is 0.742. The Morgan fingerprint density at radius 1 is 1.24 bits per heavy atom. The zero-order valence-corrected chi connectivity index (χ0v) is 11.6. The van der Waals surface area contributed by atoms with E-state index in [9.17, 15) is 4.79 Å². The lowest BCUT2D eigenvalue weighted by Gasteiger charge is -2.06. The van der Waals surface area contributed by atoms with Crippen LogP contribution in [0.1, 0.15) is 32.6 Å². The van der Waals surface area contributed by atoms with Gasteiger partial charge in [0.05, 0.1) is 6.61 Å². The number of halogens is 1. The van der Waals surface area contributed by atoms with E-state index in [0.717, 1.165) is 23.0 Å². The van der Waals surface area contributed by atoms with Crippen LogP contribution in [0.3, 0.4) is 0 Å². The van der Waals surface area contributed by atoms with Crippen molar-refractivity contribution >= 4 is 27.7 Å². The summed E-state index contributed by atoms with van der Waals surface area (Å²) in [5.74, 6) is 0. The number of ether oxygens (including phenoxy) is 1.